The average Bonchev–Trinajstić information content (AvgIpc) is 2.44. The molecular weight excluding hydrogens is 296 g/mol. The van der Waals surface area contributed by atoms with Crippen molar-refractivity contribution in [2.24, 2.45) is 5.92 Å². The molecule has 0 aromatic heterocycles. The molecule has 118 valence electrons. The smallest absolute Gasteiger partial charge is 0.338 e. The lowest BCUT2D eigenvalue weighted by molar-refractivity contribution is -0.140. The topological polar surface area (TPSA) is 50.4 Å². The van der Waals surface area contributed by atoms with E-state index in [4.69, 9.17) is 17.0 Å². The number of carbonyl (C=O) groups excluding carboxylic acids is 1. The van der Waals surface area contributed by atoms with Gasteiger partial charge >= 0.3 is 5.97 Å². The Labute approximate surface area is 136 Å². The summed E-state index contributed by atoms with van der Waals surface area (Å²) in [5, 5.41) is 6.69. The van der Waals surface area contributed by atoms with Gasteiger partial charge in [-0.15, -0.1) is 0 Å². The molecule has 5 heteroatoms. The summed E-state index contributed by atoms with van der Waals surface area (Å²) >= 11 is 5.22. The SMILES string of the molecule is CC1=C(C(=O)OCC(C)C)[C@@H](c2ccc(C)cc2)NC(=S)N1. The third kappa shape index (κ3) is 3.85. The van der Waals surface area contributed by atoms with Gasteiger partial charge < -0.3 is 15.4 Å². The number of nitrogens with one attached hydrogen (secondary N) is 2. The number of aryl methyl sites for hydroxylation is 1. The molecule has 0 aliphatic carbocycles. The number of benzene rings is 1. The molecule has 1 aromatic carbocycles. The van der Waals surface area contributed by atoms with E-state index in [1.807, 2.05) is 52.0 Å². The van der Waals surface area contributed by atoms with E-state index in [1.54, 1.807) is 0 Å². The first-order valence-electron chi connectivity index (χ1n) is 7.40. The third-order valence-electron chi connectivity index (χ3n) is 3.45. The van der Waals surface area contributed by atoms with Crippen LogP contribution in [0.5, 0.6) is 0 Å². The second kappa shape index (κ2) is 6.92. The molecule has 0 saturated heterocycles. The van der Waals surface area contributed by atoms with Gasteiger partial charge in [-0.3, -0.25) is 0 Å². The number of ether oxygens (including phenoxy) is 1. The molecule has 0 fully saturated rings. The monoisotopic (exact) mass is 318 g/mol. The summed E-state index contributed by atoms with van der Waals surface area (Å²) in [6, 6.07) is 7.77. The van der Waals surface area contributed by atoms with E-state index in [1.165, 1.54) is 5.56 Å². The minimum atomic E-state index is -0.306. The highest BCUT2D eigenvalue weighted by atomic mass is 32.1. The molecule has 0 unspecified atom stereocenters. The number of thiocarbonyl (C=S) groups is 1. The van der Waals surface area contributed by atoms with Crippen LogP contribution in [0.15, 0.2) is 35.5 Å². The molecule has 1 atom stereocenters. The zero-order valence-electron chi connectivity index (χ0n) is 13.4. The fraction of sp³-hybridized carbons (Fsp3) is 0.412. The highest BCUT2D eigenvalue weighted by Crippen LogP contribution is 2.27. The molecule has 1 aliphatic heterocycles. The van der Waals surface area contributed by atoms with Crippen LogP contribution in [0.2, 0.25) is 0 Å². The Balaban J connectivity index is 2.32. The summed E-state index contributed by atoms with van der Waals surface area (Å²) in [5.74, 6) is -0.00691. The molecule has 0 saturated carbocycles. The third-order valence-corrected chi connectivity index (χ3v) is 3.67. The van der Waals surface area contributed by atoms with Crippen molar-refractivity contribution in [1.29, 1.82) is 0 Å². The van der Waals surface area contributed by atoms with Crippen LogP contribution in [0.3, 0.4) is 0 Å². The fourth-order valence-electron chi connectivity index (χ4n) is 2.29. The van der Waals surface area contributed by atoms with Gasteiger partial charge in [0.25, 0.3) is 0 Å². The van der Waals surface area contributed by atoms with Gasteiger partial charge in [0, 0.05) is 5.70 Å². The van der Waals surface area contributed by atoms with Gasteiger partial charge in [-0.2, -0.15) is 0 Å². The van der Waals surface area contributed by atoms with Gasteiger partial charge in [-0.25, -0.2) is 4.79 Å². The Kier molecular flexibility index (Phi) is 5.19. The van der Waals surface area contributed by atoms with E-state index in [-0.39, 0.29) is 12.0 Å². The van der Waals surface area contributed by atoms with Crippen molar-refractivity contribution in [3.05, 3.63) is 46.7 Å². The van der Waals surface area contributed by atoms with Crippen molar-refractivity contribution >= 4 is 23.3 Å². The number of hydrogen-bond donors (Lipinski definition) is 2. The quantitative estimate of drug-likeness (QED) is 0.660. The molecule has 1 aliphatic rings. The summed E-state index contributed by atoms with van der Waals surface area (Å²) < 4.78 is 5.40. The van der Waals surface area contributed by atoms with Gasteiger partial charge in [0.1, 0.15) is 0 Å². The Morgan fingerprint density at radius 1 is 1.27 bits per heavy atom. The van der Waals surface area contributed by atoms with E-state index in [2.05, 4.69) is 10.6 Å². The minimum absolute atomic E-state index is 0.283. The highest BCUT2D eigenvalue weighted by molar-refractivity contribution is 7.80. The largest absolute Gasteiger partial charge is 0.462 e. The molecule has 4 nitrogen and oxygen atoms in total. The molecule has 0 radical (unpaired) electrons. The van der Waals surface area contributed by atoms with Crippen LogP contribution in [-0.4, -0.2) is 17.7 Å². The van der Waals surface area contributed by atoms with Crippen LogP contribution in [-0.2, 0) is 9.53 Å². The Bertz CT molecular complexity index is 606. The lowest BCUT2D eigenvalue weighted by Gasteiger charge is -2.30. The molecule has 0 amide bonds. The summed E-state index contributed by atoms with van der Waals surface area (Å²) in [5.41, 5.74) is 3.48. The molecule has 22 heavy (non-hydrogen) atoms. The van der Waals surface area contributed by atoms with Gasteiger partial charge in [-0.1, -0.05) is 43.7 Å². The second-order valence-corrected chi connectivity index (χ2v) is 6.38. The molecular formula is C17H22N2O2S. The van der Waals surface area contributed by atoms with E-state index in [9.17, 15) is 4.79 Å². The first-order chi connectivity index (χ1) is 10.4. The van der Waals surface area contributed by atoms with Crippen LogP contribution >= 0.6 is 12.2 Å². The number of allylic oxidation sites excluding steroid dienone is 1. The van der Waals surface area contributed by atoms with Crippen LogP contribution in [0, 0.1) is 12.8 Å². The van der Waals surface area contributed by atoms with Crippen molar-refractivity contribution in [1.82, 2.24) is 10.6 Å². The fourth-order valence-corrected chi connectivity index (χ4v) is 2.56. The molecule has 0 spiro atoms. The number of esters is 1. The van der Waals surface area contributed by atoms with E-state index >= 15 is 0 Å². The molecule has 0 bridgehead atoms. The van der Waals surface area contributed by atoms with Crippen LogP contribution in [0.4, 0.5) is 0 Å². The van der Waals surface area contributed by atoms with Crippen molar-refractivity contribution < 1.29 is 9.53 Å². The Morgan fingerprint density at radius 2 is 1.91 bits per heavy atom. The second-order valence-electron chi connectivity index (χ2n) is 5.97. The zero-order valence-corrected chi connectivity index (χ0v) is 14.2. The maximum atomic E-state index is 12.5. The standard InChI is InChI=1S/C17H22N2O2S/c1-10(2)9-21-16(20)14-12(4)18-17(22)19-15(14)13-7-5-11(3)6-8-13/h5-8,10,15H,9H2,1-4H3,(H2,18,19,22)/t15-/m1/s1. The predicted octanol–water partition coefficient (Wildman–Crippen LogP) is 2.99. The van der Waals surface area contributed by atoms with Gasteiger partial charge in [0.05, 0.1) is 18.2 Å². The number of hydrogen-bond acceptors (Lipinski definition) is 3. The summed E-state index contributed by atoms with van der Waals surface area (Å²) in [6.45, 7) is 8.31. The Hall–Kier alpha value is -1.88. The van der Waals surface area contributed by atoms with E-state index in [0.29, 0.717) is 23.2 Å². The minimum Gasteiger partial charge on any atom is -0.462 e. The van der Waals surface area contributed by atoms with Crippen LogP contribution < -0.4 is 10.6 Å². The normalized spacial score (nSPS) is 18.0. The van der Waals surface area contributed by atoms with E-state index < -0.39 is 0 Å². The molecule has 2 rings (SSSR count). The van der Waals surface area contributed by atoms with Gasteiger partial charge in [-0.05, 0) is 37.5 Å². The number of rotatable bonds is 4. The molecule has 2 N–H and O–H groups in total. The Morgan fingerprint density at radius 3 is 2.50 bits per heavy atom. The average molecular weight is 318 g/mol. The van der Waals surface area contributed by atoms with Gasteiger partial charge in [0.15, 0.2) is 5.11 Å². The first kappa shape index (κ1) is 16.5. The predicted molar refractivity (Wildman–Crippen MR) is 91.3 cm³/mol. The van der Waals surface area contributed by atoms with Crippen molar-refractivity contribution in [2.75, 3.05) is 6.61 Å². The summed E-state index contributed by atoms with van der Waals surface area (Å²) in [7, 11) is 0. The lowest BCUT2D eigenvalue weighted by atomic mass is 9.95. The lowest BCUT2D eigenvalue weighted by Crippen LogP contribution is -2.45. The van der Waals surface area contributed by atoms with Crippen molar-refractivity contribution in [3.8, 4) is 0 Å². The highest BCUT2D eigenvalue weighted by Gasteiger charge is 2.30. The molecule has 1 aromatic rings. The maximum Gasteiger partial charge on any atom is 0.338 e. The van der Waals surface area contributed by atoms with Gasteiger partial charge in [0.2, 0.25) is 0 Å². The van der Waals surface area contributed by atoms with Crippen LogP contribution in [0.1, 0.15) is 37.9 Å². The number of carbonyl (C=O) groups is 1. The zero-order chi connectivity index (χ0) is 16.3. The molecule has 1 heterocycles. The van der Waals surface area contributed by atoms with Crippen molar-refractivity contribution in [2.45, 2.75) is 33.7 Å². The first-order valence-corrected chi connectivity index (χ1v) is 7.81. The van der Waals surface area contributed by atoms with E-state index in [0.717, 1.165) is 11.3 Å². The van der Waals surface area contributed by atoms with Crippen molar-refractivity contribution in [3.63, 3.8) is 0 Å². The summed E-state index contributed by atoms with van der Waals surface area (Å²) in [4.78, 5) is 12.5. The summed E-state index contributed by atoms with van der Waals surface area (Å²) in [6.07, 6.45) is 0. The maximum absolute atomic E-state index is 12.5. The van der Waals surface area contributed by atoms with Crippen LogP contribution in [0.25, 0.3) is 0 Å².